The number of amides is 1. The Hall–Kier alpha value is -2.17. The molecule has 0 unspecified atom stereocenters. The lowest BCUT2D eigenvalue weighted by Crippen LogP contribution is -2.36. The lowest BCUT2D eigenvalue weighted by molar-refractivity contribution is 0.0949. The van der Waals surface area contributed by atoms with Crippen LogP contribution in [0.3, 0.4) is 0 Å². The number of carbonyl (C=O) groups is 1. The topological polar surface area (TPSA) is 125 Å². The van der Waals surface area contributed by atoms with Crippen LogP contribution in [0.5, 0.6) is 0 Å². The SMILES string of the molecule is O=C(NCc1noc(=O)[nH]1)c1ccc(Cl)c(S(=O)(=O)N2CCCCC2)c1. The molecule has 0 saturated carbocycles. The van der Waals surface area contributed by atoms with Crippen LogP contribution in [0.4, 0.5) is 0 Å². The number of hydrogen-bond donors (Lipinski definition) is 2. The smallest absolute Gasteiger partial charge is 0.345 e. The fourth-order valence-corrected chi connectivity index (χ4v) is 4.71. The van der Waals surface area contributed by atoms with E-state index in [-0.39, 0.29) is 27.9 Å². The van der Waals surface area contributed by atoms with E-state index >= 15 is 0 Å². The summed E-state index contributed by atoms with van der Waals surface area (Å²) in [5.74, 6) is -1.10. The highest BCUT2D eigenvalue weighted by molar-refractivity contribution is 7.89. The minimum Gasteiger partial charge on any atom is -0.345 e. The van der Waals surface area contributed by atoms with E-state index in [2.05, 4.69) is 20.0 Å². The molecular weight excluding hydrogens is 384 g/mol. The Labute approximate surface area is 154 Å². The number of halogens is 1. The molecular formula is C15H17ClN4O5S. The fraction of sp³-hybridized carbons (Fsp3) is 0.400. The zero-order valence-corrected chi connectivity index (χ0v) is 15.3. The highest BCUT2D eigenvalue weighted by Crippen LogP contribution is 2.27. The van der Waals surface area contributed by atoms with E-state index in [1.165, 1.54) is 22.5 Å². The van der Waals surface area contributed by atoms with Gasteiger partial charge in [-0.25, -0.2) is 13.2 Å². The van der Waals surface area contributed by atoms with Crippen LogP contribution in [0.2, 0.25) is 5.02 Å². The average molecular weight is 401 g/mol. The number of nitrogens with zero attached hydrogens (tertiary/aromatic N) is 2. The van der Waals surface area contributed by atoms with E-state index in [9.17, 15) is 18.0 Å². The first-order chi connectivity index (χ1) is 12.4. The van der Waals surface area contributed by atoms with Gasteiger partial charge in [-0.2, -0.15) is 4.31 Å². The standard InChI is InChI=1S/C15H17ClN4O5S/c16-11-5-4-10(14(21)17-9-13-18-15(22)25-19-13)8-12(11)26(23,24)20-6-2-1-3-7-20/h4-5,8H,1-3,6-7,9H2,(H,17,21)(H,18,19,22). The van der Waals surface area contributed by atoms with Crippen LogP contribution in [0.15, 0.2) is 32.4 Å². The molecule has 0 spiro atoms. The van der Waals surface area contributed by atoms with Gasteiger partial charge in [-0.05, 0) is 31.0 Å². The molecule has 1 aliphatic rings. The molecule has 1 aromatic carbocycles. The molecule has 0 atom stereocenters. The Morgan fingerprint density at radius 2 is 2.04 bits per heavy atom. The third-order valence-corrected chi connectivity index (χ3v) is 6.41. The van der Waals surface area contributed by atoms with Crippen LogP contribution in [0.1, 0.15) is 35.4 Å². The van der Waals surface area contributed by atoms with Gasteiger partial charge in [-0.15, -0.1) is 0 Å². The molecule has 1 amide bonds. The van der Waals surface area contributed by atoms with Crippen molar-refractivity contribution < 1.29 is 17.7 Å². The number of hydrogen-bond acceptors (Lipinski definition) is 6. The summed E-state index contributed by atoms with van der Waals surface area (Å²) in [6, 6.07) is 4.07. The molecule has 0 aliphatic carbocycles. The van der Waals surface area contributed by atoms with Crippen LogP contribution >= 0.6 is 11.6 Å². The summed E-state index contributed by atoms with van der Waals surface area (Å²) in [7, 11) is -3.77. The predicted molar refractivity (Wildman–Crippen MR) is 92.4 cm³/mol. The number of aromatic amines is 1. The zero-order chi connectivity index (χ0) is 18.7. The number of sulfonamides is 1. The summed E-state index contributed by atoms with van der Waals surface area (Å²) in [4.78, 5) is 25.3. The van der Waals surface area contributed by atoms with Gasteiger partial charge in [0.25, 0.3) is 5.91 Å². The van der Waals surface area contributed by atoms with Gasteiger partial charge in [0.15, 0.2) is 5.82 Å². The van der Waals surface area contributed by atoms with Crippen LogP contribution in [-0.2, 0) is 16.6 Å². The highest BCUT2D eigenvalue weighted by atomic mass is 35.5. The second kappa shape index (κ2) is 7.60. The van der Waals surface area contributed by atoms with Crippen molar-refractivity contribution in [2.45, 2.75) is 30.7 Å². The molecule has 11 heteroatoms. The van der Waals surface area contributed by atoms with E-state index in [0.717, 1.165) is 19.3 Å². The normalized spacial score (nSPS) is 15.7. The summed E-state index contributed by atoms with van der Waals surface area (Å²) in [5.41, 5.74) is 0.135. The molecule has 2 aromatic rings. The molecule has 1 aliphatic heterocycles. The van der Waals surface area contributed by atoms with E-state index in [1.807, 2.05) is 0 Å². The second-order valence-corrected chi connectivity index (χ2v) is 8.15. The Kier molecular flexibility index (Phi) is 5.44. The fourth-order valence-electron chi connectivity index (χ4n) is 2.69. The molecule has 1 fully saturated rings. The van der Waals surface area contributed by atoms with Gasteiger partial charge in [0.1, 0.15) is 4.90 Å². The van der Waals surface area contributed by atoms with Crippen molar-refractivity contribution in [1.29, 1.82) is 0 Å². The second-order valence-electron chi connectivity index (χ2n) is 5.83. The van der Waals surface area contributed by atoms with Gasteiger partial charge in [-0.3, -0.25) is 14.3 Å². The number of carbonyl (C=O) groups excluding carboxylic acids is 1. The first-order valence-electron chi connectivity index (χ1n) is 8.01. The zero-order valence-electron chi connectivity index (χ0n) is 13.7. The third-order valence-electron chi connectivity index (χ3n) is 4.03. The molecule has 1 saturated heterocycles. The van der Waals surface area contributed by atoms with Gasteiger partial charge in [0.2, 0.25) is 10.0 Å². The molecule has 140 valence electrons. The maximum Gasteiger partial charge on any atom is 0.438 e. The number of piperidine rings is 1. The minimum absolute atomic E-state index is 0.0629. The number of nitrogens with one attached hydrogen (secondary N) is 2. The van der Waals surface area contributed by atoms with Crippen molar-refractivity contribution in [2.24, 2.45) is 0 Å². The van der Waals surface area contributed by atoms with Crippen molar-refractivity contribution in [3.8, 4) is 0 Å². The number of rotatable bonds is 5. The van der Waals surface area contributed by atoms with Crippen molar-refractivity contribution in [2.75, 3.05) is 13.1 Å². The number of aromatic nitrogens is 2. The maximum absolute atomic E-state index is 12.8. The predicted octanol–water partition coefficient (Wildman–Crippen LogP) is 1.12. The lowest BCUT2D eigenvalue weighted by Gasteiger charge is -2.26. The molecule has 2 heterocycles. The largest absolute Gasteiger partial charge is 0.438 e. The van der Waals surface area contributed by atoms with Gasteiger partial charge in [-0.1, -0.05) is 23.2 Å². The molecule has 9 nitrogen and oxygen atoms in total. The van der Waals surface area contributed by atoms with Gasteiger partial charge >= 0.3 is 5.76 Å². The molecule has 0 radical (unpaired) electrons. The van der Waals surface area contributed by atoms with Crippen LogP contribution in [0, 0.1) is 0 Å². The summed E-state index contributed by atoms with van der Waals surface area (Å²) in [6.07, 6.45) is 2.59. The summed E-state index contributed by atoms with van der Waals surface area (Å²) in [6.45, 7) is 0.810. The Balaban J connectivity index is 1.80. The first kappa shape index (κ1) is 18.6. The Morgan fingerprint density at radius 1 is 1.31 bits per heavy atom. The highest BCUT2D eigenvalue weighted by Gasteiger charge is 2.28. The summed E-state index contributed by atoms with van der Waals surface area (Å²) < 4.78 is 31.3. The summed E-state index contributed by atoms with van der Waals surface area (Å²) in [5, 5.41) is 6.02. The van der Waals surface area contributed by atoms with Gasteiger partial charge < -0.3 is 5.32 Å². The van der Waals surface area contributed by atoms with Crippen molar-refractivity contribution in [3.63, 3.8) is 0 Å². The first-order valence-corrected chi connectivity index (χ1v) is 9.82. The monoisotopic (exact) mass is 400 g/mol. The van der Waals surface area contributed by atoms with Gasteiger partial charge in [0, 0.05) is 18.7 Å². The van der Waals surface area contributed by atoms with Crippen LogP contribution < -0.4 is 11.1 Å². The molecule has 2 N–H and O–H groups in total. The van der Waals surface area contributed by atoms with Crippen molar-refractivity contribution >= 4 is 27.5 Å². The minimum atomic E-state index is -3.77. The van der Waals surface area contributed by atoms with E-state index in [1.54, 1.807) is 0 Å². The molecule has 3 rings (SSSR count). The number of benzene rings is 1. The van der Waals surface area contributed by atoms with Crippen molar-refractivity contribution in [3.05, 3.63) is 45.2 Å². The van der Waals surface area contributed by atoms with Crippen LogP contribution in [-0.4, -0.2) is 41.9 Å². The van der Waals surface area contributed by atoms with Crippen molar-refractivity contribution in [1.82, 2.24) is 19.8 Å². The van der Waals surface area contributed by atoms with E-state index in [4.69, 9.17) is 11.6 Å². The van der Waals surface area contributed by atoms with E-state index in [0.29, 0.717) is 13.1 Å². The lowest BCUT2D eigenvalue weighted by atomic mass is 10.2. The summed E-state index contributed by atoms with van der Waals surface area (Å²) >= 11 is 6.08. The average Bonchev–Trinajstić information content (AvgIpc) is 3.06. The third kappa shape index (κ3) is 3.97. The molecule has 0 bridgehead atoms. The molecule has 1 aromatic heterocycles. The molecule has 26 heavy (non-hydrogen) atoms. The maximum atomic E-state index is 12.8. The van der Waals surface area contributed by atoms with Gasteiger partial charge in [0.05, 0.1) is 11.6 Å². The Morgan fingerprint density at radius 3 is 2.69 bits per heavy atom. The quantitative estimate of drug-likeness (QED) is 0.774. The van der Waals surface area contributed by atoms with E-state index < -0.39 is 21.7 Å². The van der Waals surface area contributed by atoms with Crippen LogP contribution in [0.25, 0.3) is 0 Å². The Bertz CT molecular complexity index is 962. The number of H-pyrrole nitrogens is 1.